The molecule has 0 aliphatic heterocycles. The van der Waals surface area contributed by atoms with E-state index >= 15 is 0 Å². The number of benzene rings is 3. The molecule has 1 atom stereocenters. The number of rotatable bonds is 6. The number of hydrogen-bond donors (Lipinski definition) is 0. The summed E-state index contributed by atoms with van der Waals surface area (Å²) < 4.78 is 0. The summed E-state index contributed by atoms with van der Waals surface area (Å²) in [4.78, 5) is 0. The van der Waals surface area contributed by atoms with Gasteiger partial charge in [-0.05, 0) is 0 Å². The monoisotopic (exact) mass is 434 g/mol. The third kappa shape index (κ3) is 4.79. The zero-order valence-electron chi connectivity index (χ0n) is 14.9. The van der Waals surface area contributed by atoms with Gasteiger partial charge in [0.2, 0.25) is 0 Å². The summed E-state index contributed by atoms with van der Waals surface area (Å²) in [5.41, 5.74) is 0. The predicted molar refractivity (Wildman–Crippen MR) is 128 cm³/mol. The van der Waals surface area contributed by atoms with Crippen molar-refractivity contribution in [3.63, 3.8) is 0 Å². The fourth-order valence-electron chi connectivity index (χ4n) is 3.54. The Balaban J connectivity index is 0.00000156. The van der Waals surface area contributed by atoms with Crippen LogP contribution in [0.3, 0.4) is 0 Å². The van der Waals surface area contributed by atoms with Gasteiger partial charge in [0.05, 0.1) is 0 Å². The van der Waals surface area contributed by atoms with Crippen LogP contribution >= 0.6 is 34.1 Å². The molecule has 0 aromatic heterocycles. The minimum Gasteiger partial charge on any atom is -0.153 e. The van der Waals surface area contributed by atoms with E-state index in [4.69, 9.17) is 0 Å². The predicted octanol–water partition coefficient (Wildman–Crippen LogP) is 5.15. The van der Waals surface area contributed by atoms with Gasteiger partial charge in [-0.2, -0.15) is 9.90 Å². The molecule has 0 spiro atoms. The van der Waals surface area contributed by atoms with Crippen LogP contribution in [0.1, 0.15) is 19.8 Å². The average Bonchev–Trinajstić information content (AvgIpc) is 2.65. The van der Waals surface area contributed by atoms with E-state index in [1.165, 1.54) is 34.9 Å². The average molecular weight is 435 g/mol. The Hall–Kier alpha value is -1.000. The molecule has 0 radical (unpaired) electrons. The van der Waals surface area contributed by atoms with E-state index in [-0.39, 0.29) is 26.9 Å². The molecule has 0 aliphatic rings. The molecular weight excluding hydrogens is 406 g/mol. The van der Waals surface area contributed by atoms with E-state index in [0.717, 1.165) is 0 Å². The van der Waals surface area contributed by atoms with Crippen molar-refractivity contribution in [1.82, 2.24) is 0 Å². The van der Waals surface area contributed by atoms with Gasteiger partial charge in [-0.25, -0.2) is 0 Å². The second-order valence-electron chi connectivity index (χ2n) is 6.11. The first-order chi connectivity index (χ1) is 11.4. The zero-order chi connectivity index (χ0) is 16.0. The molecule has 1 unspecified atom stereocenters. The molecule has 0 bridgehead atoms. The van der Waals surface area contributed by atoms with Crippen LogP contribution in [0.5, 0.6) is 0 Å². The molecule has 0 aliphatic carbocycles. The van der Waals surface area contributed by atoms with Gasteiger partial charge in [0.15, 0.2) is 0 Å². The van der Waals surface area contributed by atoms with Gasteiger partial charge in [0, 0.05) is 0 Å². The summed E-state index contributed by atoms with van der Waals surface area (Å²) in [5.74, 6) is 0. The van der Waals surface area contributed by atoms with Crippen molar-refractivity contribution in [2.24, 2.45) is 0 Å². The summed E-state index contributed by atoms with van der Waals surface area (Å²) in [6, 6.07) is 33.5. The molecular formula is C22H29BrP2. The minimum atomic E-state index is -1.94. The van der Waals surface area contributed by atoms with Crippen LogP contribution < -0.4 is 15.9 Å². The van der Waals surface area contributed by atoms with Crippen LogP contribution in [-0.4, -0.2) is 6.16 Å². The quantitative estimate of drug-likeness (QED) is 0.470. The van der Waals surface area contributed by atoms with Gasteiger partial charge in [-0.3, -0.25) is 0 Å². The molecule has 0 amide bonds. The van der Waals surface area contributed by atoms with Gasteiger partial charge in [-0.15, -0.1) is 17.0 Å². The van der Waals surface area contributed by atoms with E-state index in [1.54, 1.807) is 0 Å². The summed E-state index contributed by atoms with van der Waals surface area (Å²) in [6.45, 7) is 2.29. The van der Waals surface area contributed by atoms with Crippen LogP contribution in [-0.2, 0) is 0 Å². The van der Waals surface area contributed by atoms with E-state index in [0.29, 0.717) is 0 Å². The van der Waals surface area contributed by atoms with Gasteiger partial charge in [-0.1, -0.05) is 0 Å². The zero-order valence-corrected chi connectivity index (χ0v) is 19.0. The third-order valence-corrected chi connectivity index (χ3v) is 9.77. The maximum absolute atomic E-state index is 2.34. The van der Waals surface area contributed by atoms with Gasteiger partial charge in [0.25, 0.3) is 0 Å². The van der Waals surface area contributed by atoms with Gasteiger partial charge < -0.3 is 0 Å². The van der Waals surface area contributed by atoms with E-state index in [1.807, 2.05) is 0 Å². The first kappa shape index (κ1) is 22.0. The first-order valence-corrected chi connectivity index (χ1v) is 10.7. The van der Waals surface area contributed by atoms with Crippen molar-refractivity contribution >= 4 is 50.1 Å². The molecule has 3 aromatic rings. The van der Waals surface area contributed by atoms with Crippen molar-refractivity contribution in [3.05, 3.63) is 91.0 Å². The van der Waals surface area contributed by atoms with Crippen LogP contribution in [0, 0.1) is 0 Å². The Morgan fingerprint density at radius 1 is 0.600 bits per heavy atom. The molecule has 0 fully saturated rings. The van der Waals surface area contributed by atoms with E-state index < -0.39 is 7.26 Å². The Kier molecular flexibility index (Phi) is 9.58. The smallest absolute Gasteiger partial charge is 0.153 e. The maximum atomic E-state index is 2.34. The van der Waals surface area contributed by atoms with Crippen LogP contribution in [0.15, 0.2) is 91.0 Å². The summed E-state index contributed by atoms with van der Waals surface area (Å²) in [6.07, 6.45) is 3.77. The fraction of sp³-hybridized carbons (Fsp3) is 0.182. The van der Waals surface area contributed by atoms with Crippen molar-refractivity contribution in [2.45, 2.75) is 19.8 Å². The largest absolute Gasteiger partial charge is 0.153 e. The topological polar surface area (TPSA) is 0 Å². The molecule has 0 saturated carbocycles. The third-order valence-electron chi connectivity index (χ3n) is 4.71. The Morgan fingerprint density at radius 3 is 1.20 bits per heavy atom. The molecule has 3 heteroatoms. The maximum Gasteiger partial charge on any atom is -0.153 e. The fourth-order valence-corrected chi connectivity index (χ4v) is 8.58. The van der Waals surface area contributed by atoms with Gasteiger partial charge in [0.1, 0.15) is 0 Å². The second-order valence-corrected chi connectivity index (χ2v) is 10.1. The molecule has 0 saturated heterocycles. The van der Waals surface area contributed by atoms with Crippen LogP contribution in [0.4, 0.5) is 0 Å². The first-order valence-electron chi connectivity index (χ1n) is 8.54. The molecule has 3 aromatic carbocycles. The SMILES string of the molecule is Br.CCCC[PH](c1ccccc1)(c1ccccc1)c1ccccc1.P. The Bertz CT molecular complexity index is 618. The molecule has 0 nitrogen and oxygen atoms in total. The van der Waals surface area contributed by atoms with Gasteiger partial charge >= 0.3 is 140 Å². The molecule has 0 heterocycles. The Morgan fingerprint density at radius 2 is 0.920 bits per heavy atom. The number of unbranched alkanes of at least 4 members (excludes halogenated alkanes) is 1. The molecule has 0 N–H and O–H groups in total. The minimum absolute atomic E-state index is 0. The van der Waals surface area contributed by atoms with E-state index in [2.05, 4.69) is 97.9 Å². The second kappa shape index (κ2) is 10.9. The van der Waals surface area contributed by atoms with Crippen LogP contribution in [0.25, 0.3) is 0 Å². The molecule has 25 heavy (non-hydrogen) atoms. The number of hydrogen-bond acceptors (Lipinski definition) is 0. The summed E-state index contributed by atoms with van der Waals surface area (Å²) >= 11 is 0. The van der Waals surface area contributed by atoms with E-state index in [9.17, 15) is 0 Å². The summed E-state index contributed by atoms with van der Waals surface area (Å²) in [7, 11) is -1.94. The van der Waals surface area contributed by atoms with Crippen molar-refractivity contribution in [1.29, 1.82) is 0 Å². The Labute approximate surface area is 166 Å². The molecule has 3 rings (SSSR count). The van der Waals surface area contributed by atoms with Crippen LogP contribution in [0.2, 0.25) is 0 Å². The summed E-state index contributed by atoms with van der Waals surface area (Å²) in [5, 5.41) is 4.56. The van der Waals surface area contributed by atoms with Crippen molar-refractivity contribution < 1.29 is 0 Å². The van der Waals surface area contributed by atoms with Crippen molar-refractivity contribution in [2.75, 3.05) is 6.16 Å². The van der Waals surface area contributed by atoms with Crippen molar-refractivity contribution in [3.8, 4) is 0 Å². The standard InChI is InChI=1S/C22H25P.BrH.H3P/c1-2-3-19-23(20-13-7-4-8-14-20,21-15-9-5-10-16-21)22-17-11-6-12-18-22;;/h4-18,23H,2-3,19H2,1H3;1H;1H3. The molecule has 134 valence electrons. The normalized spacial score (nSPS) is 11.1. The number of halogens is 1.